The van der Waals surface area contributed by atoms with E-state index >= 15 is 0 Å². The second kappa shape index (κ2) is 8.34. The Morgan fingerprint density at radius 2 is 1.43 bits per heavy atom. The van der Waals surface area contributed by atoms with Crippen molar-refractivity contribution in [2.75, 3.05) is 0 Å². The van der Waals surface area contributed by atoms with Crippen molar-refractivity contribution in [3.8, 4) is 0 Å². The Bertz CT molecular complexity index is 1370. The van der Waals surface area contributed by atoms with Gasteiger partial charge in [0, 0.05) is 6.92 Å². The normalized spacial score (nSPS) is 10.5. The third-order valence-corrected chi connectivity index (χ3v) is 3.70. The van der Waals surface area contributed by atoms with E-state index < -0.39 is 0 Å². The first kappa shape index (κ1) is 19.0. The molecule has 0 unspecified atom stereocenters. The maximum Gasteiger partial charge on any atom is 0.201 e. The summed E-state index contributed by atoms with van der Waals surface area (Å²) in [6, 6.07) is 0. The predicted molar refractivity (Wildman–Crippen MR) is 103 cm³/mol. The summed E-state index contributed by atoms with van der Waals surface area (Å²) in [6.45, 7) is 5.45. The molecule has 0 amide bonds. The molecular formula is C18H15N9O3. The van der Waals surface area contributed by atoms with E-state index in [0.717, 1.165) is 5.69 Å². The molecule has 0 N–H and O–H groups in total. The van der Waals surface area contributed by atoms with Crippen molar-refractivity contribution in [3.05, 3.63) is 55.2 Å². The Balaban J connectivity index is 0.000000109. The number of fused-ring (bicyclic) bond motifs is 3. The molecule has 12 nitrogen and oxygen atoms in total. The second-order valence-corrected chi connectivity index (χ2v) is 5.87. The summed E-state index contributed by atoms with van der Waals surface area (Å²) in [6.07, 6.45) is 8.86. The fourth-order valence-electron chi connectivity index (χ4n) is 2.36. The third kappa shape index (κ3) is 4.22. The van der Waals surface area contributed by atoms with Crippen LogP contribution in [0.25, 0.3) is 33.7 Å². The highest BCUT2D eigenvalue weighted by atomic mass is 16.3. The van der Waals surface area contributed by atoms with Crippen molar-refractivity contribution in [1.29, 1.82) is 0 Å². The van der Waals surface area contributed by atoms with E-state index in [1.807, 2.05) is 13.8 Å². The van der Waals surface area contributed by atoms with Crippen LogP contribution in [-0.2, 0) is 0 Å². The number of nitrogens with zero attached hydrogens (tertiary/aromatic N) is 9. The molecule has 0 bridgehead atoms. The van der Waals surface area contributed by atoms with E-state index in [0.29, 0.717) is 45.4 Å². The Hall–Kier alpha value is -4.35. The number of hydrogen-bond donors (Lipinski definition) is 0. The van der Waals surface area contributed by atoms with Gasteiger partial charge in [-0.3, -0.25) is 0 Å². The topological polar surface area (TPSA) is 155 Å². The highest BCUT2D eigenvalue weighted by Gasteiger charge is 2.01. The molecule has 0 saturated heterocycles. The molecule has 12 heteroatoms. The summed E-state index contributed by atoms with van der Waals surface area (Å²) in [5.74, 6) is 1.33. The molecule has 6 aromatic heterocycles. The maximum atomic E-state index is 5.13. The van der Waals surface area contributed by atoms with Crippen molar-refractivity contribution < 1.29 is 13.3 Å². The van der Waals surface area contributed by atoms with Gasteiger partial charge in [-0.1, -0.05) is 0 Å². The van der Waals surface area contributed by atoms with Crippen LogP contribution >= 0.6 is 0 Å². The SMILES string of the molecule is Cc1nc2ncncc2o1.Cc1ncc2ocnc2n1.Cc1ncnc2ncoc12. The maximum absolute atomic E-state index is 5.13. The van der Waals surface area contributed by atoms with Crippen molar-refractivity contribution in [2.24, 2.45) is 0 Å². The van der Waals surface area contributed by atoms with Crippen molar-refractivity contribution >= 4 is 33.7 Å². The van der Waals surface area contributed by atoms with E-state index in [2.05, 4.69) is 44.9 Å². The average Bonchev–Trinajstić information content (AvgIpc) is 3.47. The van der Waals surface area contributed by atoms with Crippen LogP contribution < -0.4 is 0 Å². The van der Waals surface area contributed by atoms with Gasteiger partial charge in [0.05, 0.1) is 18.1 Å². The molecule has 0 radical (unpaired) electrons. The predicted octanol–water partition coefficient (Wildman–Crippen LogP) is 2.78. The van der Waals surface area contributed by atoms with Gasteiger partial charge in [-0.2, -0.15) is 15.0 Å². The summed E-state index contributed by atoms with van der Waals surface area (Å²) in [5, 5.41) is 0. The summed E-state index contributed by atoms with van der Waals surface area (Å²) in [4.78, 5) is 35.2. The van der Waals surface area contributed by atoms with Crippen LogP contribution in [0.15, 0.2) is 51.1 Å². The van der Waals surface area contributed by atoms with Crippen LogP contribution in [0.1, 0.15) is 17.4 Å². The van der Waals surface area contributed by atoms with E-state index in [4.69, 9.17) is 13.3 Å². The number of aryl methyl sites for hydroxylation is 3. The summed E-state index contributed by atoms with van der Waals surface area (Å²) in [5.41, 5.74) is 4.61. The average molecular weight is 405 g/mol. The van der Waals surface area contributed by atoms with Crippen LogP contribution in [0.5, 0.6) is 0 Å². The molecule has 6 rings (SSSR count). The molecule has 30 heavy (non-hydrogen) atoms. The van der Waals surface area contributed by atoms with Crippen LogP contribution in [0.4, 0.5) is 0 Å². The standard InChI is InChI=1S/3C6H5N3O/c1-4-5-6(8-2-7-4)9-3-10-5;1-4-7-2-5-6(9-4)8-3-10-5;1-4-9-6-5(10-4)2-7-3-8-6/h3*2-3H,1H3. The highest BCUT2D eigenvalue weighted by Crippen LogP contribution is 2.10. The Kier molecular flexibility index (Phi) is 5.28. The van der Waals surface area contributed by atoms with Crippen molar-refractivity contribution in [2.45, 2.75) is 20.8 Å². The van der Waals surface area contributed by atoms with Gasteiger partial charge >= 0.3 is 0 Å². The van der Waals surface area contributed by atoms with E-state index in [9.17, 15) is 0 Å². The van der Waals surface area contributed by atoms with Gasteiger partial charge in [0.2, 0.25) is 16.9 Å². The zero-order valence-electron chi connectivity index (χ0n) is 16.2. The first-order chi connectivity index (χ1) is 14.6. The van der Waals surface area contributed by atoms with E-state index in [1.165, 1.54) is 25.4 Å². The molecule has 6 aromatic rings. The van der Waals surface area contributed by atoms with Gasteiger partial charge in [-0.25, -0.2) is 29.9 Å². The zero-order chi connectivity index (χ0) is 20.9. The van der Waals surface area contributed by atoms with Crippen LogP contribution in [0.3, 0.4) is 0 Å². The minimum atomic E-state index is 0.618. The number of oxazole rings is 3. The first-order valence-corrected chi connectivity index (χ1v) is 8.67. The van der Waals surface area contributed by atoms with Crippen LogP contribution in [-0.4, -0.2) is 44.9 Å². The molecule has 0 aromatic carbocycles. The first-order valence-electron chi connectivity index (χ1n) is 8.67. The van der Waals surface area contributed by atoms with E-state index in [1.54, 1.807) is 19.3 Å². The van der Waals surface area contributed by atoms with Gasteiger partial charge in [0.25, 0.3) is 0 Å². The van der Waals surface area contributed by atoms with Crippen LogP contribution in [0, 0.1) is 20.8 Å². The minimum absolute atomic E-state index is 0.618. The fraction of sp³-hybridized carbons (Fsp3) is 0.167. The zero-order valence-corrected chi connectivity index (χ0v) is 16.2. The molecule has 0 aliphatic carbocycles. The summed E-state index contributed by atoms with van der Waals surface area (Å²) < 4.78 is 15.1. The van der Waals surface area contributed by atoms with Gasteiger partial charge in [0.15, 0.2) is 35.4 Å². The largest absolute Gasteiger partial charge is 0.440 e. The number of aromatic nitrogens is 9. The summed E-state index contributed by atoms with van der Waals surface area (Å²) >= 11 is 0. The number of hydrogen-bond acceptors (Lipinski definition) is 12. The molecule has 0 spiro atoms. The lowest BCUT2D eigenvalue weighted by Crippen LogP contribution is -1.85. The van der Waals surface area contributed by atoms with Gasteiger partial charge in [0.1, 0.15) is 18.5 Å². The molecule has 0 fully saturated rings. The number of rotatable bonds is 0. The molecule has 0 saturated carbocycles. The van der Waals surface area contributed by atoms with Crippen molar-refractivity contribution in [1.82, 2.24) is 44.9 Å². The Morgan fingerprint density at radius 1 is 0.667 bits per heavy atom. The highest BCUT2D eigenvalue weighted by molar-refractivity contribution is 5.68. The van der Waals surface area contributed by atoms with Crippen LogP contribution in [0.2, 0.25) is 0 Å². The molecule has 0 atom stereocenters. The second-order valence-electron chi connectivity index (χ2n) is 5.87. The lowest BCUT2D eigenvalue weighted by molar-refractivity contribution is 0.560. The smallest absolute Gasteiger partial charge is 0.201 e. The molecule has 6 heterocycles. The summed E-state index contributed by atoms with van der Waals surface area (Å²) in [7, 11) is 0. The van der Waals surface area contributed by atoms with Gasteiger partial charge < -0.3 is 13.3 Å². The monoisotopic (exact) mass is 405 g/mol. The van der Waals surface area contributed by atoms with Gasteiger partial charge in [-0.05, 0) is 13.8 Å². The lowest BCUT2D eigenvalue weighted by atomic mass is 10.4. The Morgan fingerprint density at radius 3 is 2.27 bits per heavy atom. The molecular weight excluding hydrogens is 390 g/mol. The molecule has 150 valence electrons. The van der Waals surface area contributed by atoms with Crippen molar-refractivity contribution in [3.63, 3.8) is 0 Å². The molecule has 0 aliphatic rings. The quantitative estimate of drug-likeness (QED) is 0.364. The molecule has 0 aliphatic heterocycles. The third-order valence-electron chi connectivity index (χ3n) is 3.70. The van der Waals surface area contributed by atoms with E-state index in [-0.39, 0.29) is 0 Å². The Labute approximate surface area is 168 Å². The fourth-order valence-corrected chi connectivity index (χ4v) is 2.36. The van der Waals surface area contributed by atoms with Gasteiger partial charge in [-0.15, -0.1) is 0 Å². The minimum Gasteiger partial charge on any atom is -0.440 e. The lowest BCUT2D eigenvalue weighted by Gasteiger charge is -1.87.